The Morgan fingerprint density at radius 3 is 1.96 bits per heavy atom. The van der Waals surface area contributed by atoms with Gasteiger partial charge in [0, 0.05) is 6.42 Å². The Morgan fingerprint density at radius 2 is 1.44 bits per heavy atom. The van der Waals surface area contributed by atoms with Crippen LogP contribution in [-0.4, -0.2) is 31.9 Å². The second kappa shape index (κ2) is 6.89. The predicted octanol–water partition coefficient (Wildman–Crippen LogP) is 2.95. The highest BCUT2D eigenvalue weighted by Gasteiger charge is 2.58. The topological polar surface area (TPSA) is 65.0 Å². The van der Waals surface area contributed by atoms with Gasteiger partial charge in [0.1, 0.15) is 0 Å². The monoisotopic (exact) mass is 337 g/mol. The Morgan fingerprint density at radius 1 is 0.920 bits per heavy atom. The van der Waals surface area contributed by atoms with Crippen LogP contribution in [0.2, 0.25) is 0 Å². The van der Waals surface area contributed by atoms with Gasteiger partial charge >= 0.3 is 11.9 Å². The van der Waals surface area contributed by atoms with Gasteiger partial charge in [-0.2, -0.15) is 0 Å². The smallest absolute Gasteiger partial charge is 0.329 e. The number of rotatable bonds is 4. The number of methoxy groups -OCH3 is 2. The molecule has 0 N–H and O–H groups in total. The Hall–Kier alpha value is -2.95. The fourth-order valence-electron chi connectivity index (χ4n) is 3.27. The first-order chi connectivity index (χ1) is 12.1. The van der Waals surface area contributed by atoms with Crippen molar-refractivity contribution in [1.82, 2.24) is 0 Å². The molecule has 1 aliphatic rings. The SMILES string of the molecule is COC(=O)C1(C(=O)OC)CC(c2ccccc2)N=C1c1ccccc1. The lowest BCUT2D eigenvalue weighted by Crippen LogP contribution is -2.46. The zero-order valence-electron chi connectivity index (χ0n) is 14.1. The molecule has 0 aromatic heterocycles. The first kappa shape index (κ1) is 16.9. The molecule has 0 spiro atoms. The van der Waals surface area contributed by atoms with Crippen LogP contribution in [0.5, 0.6) is 0 Å². The van der Waals surface area contributed by atoms with Crippen LogP contribution in [0, 0.1) is 5.41 Å². The van der Waals surface area contributed by atoms with Crippen molar-refractivity contribution in [3.63, 3.8) is 0 Å². The third-order valence-electron chi connectivity index (χ3n) is 4.49. The van der Waals surface area contributed by atoms with Gasteiger partial charge in [-0.05, 0) is 11.1 Å². The number of ether oxygens (including phenoxy) is 2. The number of carbonyl (C=O) groups is 2. The van der Waals surface area contributed by atoms with E-state index in [0.717, 1.165) is 5.56 Å². The minimum atomic E-state index is -1.56. The van der Waals surface area contributed by atoms with E-state index in [9.17, 15) is 9.59 Å². The van der Waals surface area contributed by atoms with E-state index in [1.54, 1.807) is 0 Å². The van der Waals surface area contributed by atoms with E-state index in [1.807, 2.05) is 60.7 Å². The van der Waals surface area contributed by atoms with Crippen LogP contribution in [0.4, 0.5) is 0 Å². The van der Waals surface area contributed by atoms with Crippen molar-refractivity contribution in [3.05, 3.63) is 71.8 Å². The van der Waals surface area contributed by atoms with E-state index in [0.29, 0.717) is 11.3 Å². The third-order valence-corrected chi connectivity index (χ3v) is 4.49. The molecular weight excluding hydrogens is 318 g/mol. The fourth-order valence-corrected chi connectivity index (χ4v) is 3.27. The molecule has 0 saturated heterocycles. The van der Waals surface area contributed by atoms with Crippen LogP contribution >= 0.6 is 0 Å². The molecule has 5 nitrogen and oxygen atoms in total. The zero-order chi connectivity index (χ0) is 17.9. The number of nitrogens with zero attached hydrogens (tertiary/aromatic N) is 1. The number of hydrogen-bond donors (Lipinski definition) is 0. The van der Waals surface area contributed by atoms with E-state index < -0.39 is 17.4 Å². The lowest BCUT2D eigenvalue weighted by atomic mass is 9.76. The molecule has 1 unspecified atom stereocenters. The van der Waals surface area contributed by atoms with Crippen molar-refractivity contribution < 1.29 is 19.1 Å². The van der Waals surface area contributed by atoms with Crippen molar-refractivity contribution in [3.8, 4) is 0 Å². The molecule has 0 fully saturated rings. The summed E-state index contributed by atoms with van der Waals surface area (Å²) in [5, 5.41) is 0. The minimum absolute atomic E-state index is 0.181. The number of benzene rings is 2. The summed E-state index contributed by atoms with van der Waals surface area (Å²) in [5.74, 6) is -1.30. The normalized spacial score (nSPS) is 18.3. The predicted molar refractivity (Wildman–Crippen MR) is 93.2 cm³/mol. The van der Waals surface area contributed by atoms with Crippen molar-refractivity contribution in [2.24, 2.45) is 10.4 Å². The van der Waals surface area contributed by atoms with Crippen LogP contribution in [-0.2, 0) is 19.1 Å². The molecule has 0 aliphatic carbocycles. The maximum Gasteiger partial charge on any atom is 0.329 e. The highest BCUT2D eigenvalue weighted by Crippen LogP contribution is 2.45. The molecule has 0 saturated carbocycles. The molecule has 0 amide bonds. The first-order valence-corrected chi connectivity index (χ1v) is 7.99. The van der Waals surface area contributed by atoms with Gasteiger partial charge in [0.15, 0.2) is 0 Å². The van der Waals surface area contributed by atoms with Gasteiger partial charge in [0.2, 0.25) is 5.41 Å². The van der Waals surface area contributed by atoms with E-state index in [-0.39, 0.29) is 12.5 Å². The maximum absolute atomic E-state index is 12.7. The molecule has 1 heterocycles. The Bertz CT molecular complexity index is 783. The molecule has 3 rings (SSSR count). The lowest BCUT2D eigenvalue weighted by molar-refractivity contribution is -0.163. The summed E-state index contributed by atoms with van der Waals surface area (Å²) in [6.45, 7) is 0. The molecule has 1 atom stereocenters. The second-order valence-corrected chi connectivity index (χ2v) is 5.86. The lowest BCUT2D eigenvalue weighted by Gasteiger charge is -2.25. The molecule has 25 heavy (non-hydrogen) atoms. The molecule has 128 valence electrons. The van der Waals surface area contributed by atoms with Crippen LogP contribution in [0.3, 0.4) is 0 Å². The van der Waals surface area contributed by atoms with Crippen LogP contribution in [0.25, 0.3) is 0 Å². The molecule has 0 bridgehead atoms. The highest BCUT2D eigenvalue weighted by molar-refractivity contribution is 6.28. The quantitative estimate of drug-likeness (QED) is 0.635. The van der Waals surface area contributed by atoms with E-state index >= 15 is 0 Å². The van der Waals surface area contributed by atoms with Gasteiger partial charge in [0.25, 0.3) is 0 Å². The molecule has 2 aromatic carbocycles. The summed E-state index contributed by atoms with van der Waals surface area (Å²) in [7, 11) is 2.54. The summed E-state index contributed by atoms with van der Waals surface area (Å²) in [4.78, 5) is 30.1. The summed E-state index contributed by atoms with van der Waals surface area (Å²) < 4.78 is 9.95. The fraction of sp³-hybridized carbons (Fsp3) is 0.250. The molecular formula is C20H19NO4. The molecule has 5 heteroatoms. The van der Waals surface area contributed by atoms with Crippen molar-refractivity contribution in [2.45, 2.75) is 12.5 Å². The van der Waals surface area contributed by atoms with Gasteiger partial charge in [-0.25, -0.2) is 0 Å². The minimum Gasteiger partial charge on any atom is -0.468 e. The Kier molecular flexibility index (Phi) is 4.65. The Balaban J connectivity index is 2.17. The van der Waals surface area contributed by atoms with Gasteiger partial charge < -0.3 is 9.47 Å². The van der Waals surface area contributed by atoms with Gasteiger partial charge in [0.05, 0.1) is 26.0 Å². The molecule has 0 radical (unpaired) electrons. The average Bonchev–Trinajstić information content (AvgIpc) is 3.10. The molecule has 1 aliphatic heterocycles. The van der Waals surface area contributed by atoms with Crippen molar-refractivity contribution in [1.29, 1.82) is 0 Å². The number of esters is 2. The zero-order valence-corrected chi connectivity index (χ0v) is 14.1. The van der Waals surface area contributed by atoms with Crippen LogP contribution in [0.1, 0.15) is 23.6 Å². The van der Waals surface area contributed by atoms with E-state index in [1.165, 1.54) is 14.2 Å². The summed E-state index contributed by atoms with van der Waals surface area (Å²) in [6.07, 6.45) is 0.181. The number of hydrogen-bond acceptors (Lipinski definition) is 5. The number of aliphatic imine (C=N–C) groups is 1. The van der Waals surface area contributed by atoms with E-state index in [4.69, 9.17) is 14.5 Å². The molecule has 2 aromatic rings. The second-order valence-electron chi connectivity index (χ2n) is 5.86. The Labute approximate surface area is 146 Å². The standard InChI is InChI=1S/C20H19NO4/c1-24-18(22)20(19(23)25-2)13-16(14-9-5-3-6-10-14)21-17(20)15-11-7-4-8-12-15/h3-12,16H,13H2,1-2H3. The van der Waals surface area contributed by atoms with Crippen LogP contribution in [0.15, 0.2) is 65.7 Å². The van der Waals surface area contributed by atoms with E-state index in [2.05, 4.69) is 0 Å². The van der Waals surface area contributed by atoms with Gasteiger partial charge in [-0.15, -0.1) is 0 Å². The summed E-state index contributed by atoms with van der Waals surface area (Å²) >= 11 is 0. The third kappa shape index (κ3) is 2.82. The number of carbonyl (C=O) groups excluding carboxylic acids is 2. The summed E-state index contributed by atoms with van der Waals surface area (Å²) in [5.41, 5.74) is 0.466. The first-order valence-electron chi connectivity index (χ1n) is 7.99. The van der Waals surface area contributed by atoms with Gasteiger partial charge in [-0.1, -0.05) is 60.7 Å². The van der Waals surface area contributed by atoms with Crippen molar-refractivity contribution in [2.75, 3.05) is 14.2 Å². The van der Waals surface area contributed by atoms with Crippen molar-refractivity contribution >= 4 is 17.7 Å². The maximum atomic E-state index is 12.7. The largest absolute Gasteiger partial charge is 0.468 e. The highest BCUT2D eigenvalue weighted by atomic mass is 16.5. The average molecular weight is 337 g/mol. The van der Waals surface area contributed by atoms with Gasteiger partial charge in [-0.3, -0.25) is 14.6 Å². The van der Waals surface area contributed by atoms with Crippen LogP contribution < -0.4 is 0 Å². The summed E-state index contributed by atoms with van der Waals surface area (Å²) in [6, 6.07) is 18.5.